The lowest BCUT2D eigenvalue weighted by atomic mass is 10.1. The van der Waals surface area contributed by atoms with Crippen LogP contribution in [0, 0.1) is 0 Å². The predicted molar refractivity (Wildman–Crippen MR) is 135 cm³/mol. The van der Waals surface area contributed by atoms with Crippen LogP contribution in [0.25, 0.3) is 10.9 Å². The molecule has 1 aromatic heterocycles. The van der Waals surface area contributed by atoms with Crippen molar-refractivity contribution < 1.29 is 19.1 Å². The van der Waals surface area contributed by atoms with E-state index in [9.17, 15) is 14.4 Å². The summed E-state index contributed by atoms with van der Waals surface area (Å²) in [5.41, 5.74) is 7.02. The topological polar surface area (TPSA) is 150 Å². The van der Waals surface area contributed by atoms with E-state index in [0.717, 1.165) is 29.7 Å². The van der Waals surface area contributed by atoms with E-state index in [1.165, 1.54) is 0 Å². The predicted octanol–water partition coefficient (Wildman–Crippen LogP) is 2.03. The number of nitrogens with zero attached hydrogens (tertiary/aromatic N) is 3. The van der Waals surface area contributed by atoms with E-state index in [0.29, 0.717) is 48.6 Å². The lowest BCUT2D eigenvalue weighted by molar-refractivity contribution is -0.136. The lowest BCUT2D eigenvalue weighted by Gasteiger charge is -2.21. The van der Waals surface area contributed by atoms with Gasteiger partial charge in [-0.2, -0.15) is 4.68 Å². The van der Waals surface area contributed by atoms with Crippen molar-refractivity contribution in [3.63, 3.8) is 0 Å². The summed E-state index contributed by atoms with van der Waals surface area (Å²) in [5, 5.41) is 14.0. The second-order valence-electron chi connectivity index (χ2n) is 8.52. The Labute approximate surface area is 208 Å². The zero-order valence-corrected chi connectivity index (χ0v) is 19.9. The first-order chi connectivity index (χ1) is 17.5. The fourth-order valence-electron chi connectivity index (χ4n) is 3.94. The van der Waals surface area contributed by atoms with Crippen molar-refractivity contribution in [3.05, 3.63) is 52.8 Å². The van der Waals surface area contributed by atoms with E-state index < -0.39 is 17.5 Å². The highest BCUT2D eigenvalue weighted by Crippen LogP contribution is 2.21. The maximum absolute atomic E-state index is 13.2. The maximum atomic E-state index is 13.2. The molecule has 1 fully saturated rings. The number of piperidine rings is 1. The smallest absolute Gasteiger partial charge is 0.280 e. The van der Waals surface area contributed by atoms with E-state index >= 15 is 0 Å². The molecule has 0 bridgehead atoms. The van der Waals surface area contributed by atoms with Crippen LogP contribution in [0.3, 0.4) is 0 Å². The number of hydrogen-bond donors (Lipinski definition) is 3. The number of imide groups is 1. The number of ether oxygens (including phenoxy) is 2. The number of hydrogen-bond acceptors (Lipinski definition) is 9. The van der Waals surface area contributed by atoms with Gasteiger partial charge in [-0.1, -0.05) is 11.3 Å². The second-order valence-corrected chi connectivity index (χ2v) is 8.52. The lowest BCUT2D eigenvalue weighted by Crippen LogP contribution is -2.45. The maximum Gasteiger partial charge on any atom is 0.280 e. The molecule has 2 amide bonds. The molecule has 11 nitrogen and oxygen atoms in total. The van der Waals surface area contributed by atoms with Gasteiger partial charge < -0.3 is 20.5 Å². The van der Waals surface area contributed by atoms with Crippen molar-refractivity contribution in [1.82, 2.24) is 20.3 Å². The Bertz CT molecular complexity index is 1260. The van der Waals surface area contributed by atoms with Gasteiger partial charge in [0.05, 0.1) is 12.0 Å². The molecule has 2 heterocycles. The van der Waals surface area contributed by atoms with Crippen molar-refractivity contribution in [2.24, 2.45) is 0 Å². The third-order valence-corrected chi connectivity index (χ3v) is 5.83. The quantitative estimate of drug-likeness (QED) is 0.195. The van der Waals surface area contributed by atoms with Crippen LogP contribution in [0.1, 0.15) is 38.1 Å². The number of amides is 2. The minimum absolute atomic E-state index is 0.153. The Morgan fingerprint density at radius 2 is 1.83 bits per heavy atom. The molecule has 0 saturated carbocycles. The van der Waals surface area contributed by atoms with Gasteiger partial charge in [-0.25, -0.2) is 0 Å². The molecule has 1 atom stereocenters. The van der Waals surface area contributed by atoms with Gasteiger partial charge in [0.15, 0.2) is 0 Å². The van der Waals surface area contributed by atoms with Crippen molar-refractivity contribution in [2.45, 2.75) is 38.1 Å². The van der Waals surface area contributed by atoms with Crippen LogP contribution >= 0.6 is 0 Å². The van der Waals surface area contributed by atoms with Crippen molar-refractivity contribution in [1.29, 1.82) is 0 Å². The number of carbonyl (C=O) groups excluding carboxylic acids is 2. The summed E-state index contributed by atoms with van der Waals surface area (Å²) in [6.45, 7) is 2.46. The van der Waals surface area contributed by atoms with Crippen LogP contribution in [-0.4, -0.2) is 53.2 Å². The summed E-state index contributed by atoms with van der Waals surface area (Å²) in [6, 6.07) is 11.7. The van der Waals surface area contributed by atoms with E-state index in [1.807, 2.05) is 12.1 Å². The van der Waals surface area contributed by atoms with Crippen molar-refractivity contribution in [3.8, 4) is 5.75 Å². The van der Waals surface area contributed by atoms with Crippen LogP contribution in [0.2, 0.25) is 0 Å². The molecule has 11 heteroatoms. The third-order valence-electron chi connectivity index (χ3n) is 5.83. The van der Waals surface area contributed by atoms with E-state index in [2.05, 4.69) is 20.9 Å². The summed E-state index contributed by atoms with van der Waals surface area (Å²) in [5.74, 6) is -0.0984. The van der Waals surface area contributed by atoms with E-state index in [-0.39, 0.29) is 18.7 Å². The molecule has 2 aromatic carbocycles. The van der Waals surface area contributed by atoms with E-state index in [4.69, 9.17) is 15.2 Å². The number of anilines is 2. The Kier molecular flexibility index (Phi) is 8.45. The molecule has 3 aromatic rings. The van der Waals surface area contributed by atoms with Crippen molar-refractivity contribution in [2.75, 3.05) is 37.4 Å². The number of aromatic nitrogens is 3. The van der Waals surface area contributed by atoms with Gasteiger partial charge >= 0.3 is 0 Å². The number of carbonyl (C=O) groups is 2. The highest BCUT2D eigenvalue weighted by molar-refractivity contribution is 5.99. The number of fused-ring (bicyclic) bond motifs is 1. The molecule has 0 aliphatic carbocycles. The first-order valence-corrected chi connectivity index (χ1v) is 12.0. The number of benzene rings is 2. The van der Waals surface area contributed by atoms with Gasteiger partial charge in [-0.3, -0.25) is 19.7 Å². The van der Waals surface area contributed by atoms with Crippen LogP contribution in [0.4, 0.5) is 11.4 Å². The minimum Gasteiger partial charge on any atom is -0.494 e. The molecule has 4 rings (SSSR count). The average Bonchev–Trinajstić information content (AvgIpc) is 2.87. The number of nitrogens with two attached hydrogens (primary N) is 1. The molecule has 4 N–H and O–H groups in total. The molecule has 0 spiro atoms. The number of nitrogens with one attached hydrogen (secondary N) is 2. The van der Waals surface area contributed by atoms with Crippen LogP contribution in [0.15, 0.2) is 47.3 Å². The van der Waals surface area contributed by atoms with Gasteiger partial charge in [0, 0.05) is 44.0 Å². The second kappa shape index (κ2) is 12.1. The van der Waals surface area contributed by atoms with Gasteiger partial charge in [0.25, 0.3) is 11.5 Å². The fourth-order valence-corrected chi connectivity index (χ4v) is 3.94. The minimum atomic E-state index is -0.853. The molecule has 190 valence electrons. The van der Waals surface area contributed by atoms with Gasteiger partial charge in [0.2, 0.25) is 5.91 Å². The molecular formula is C25H30N6O5. The third kappa shape index (κ3) is 6.36. The van der Waals surface area contributed by atoms with Gasteiger partial charge in [0.1, 0.15) is 17.3 Å². The molecule has 0 radical (unpaired) electrons. The fraction of sp³-hybridized carbons (Fsp3) is 0.400. The molecule has 1 unspecified atom stereocenters. The Morgan fingerprint density at radius 3 is 2.64 bits per heavy atom. The monoisotopic (exact) mass is 494 g/mol. The highest BCUT2D eigenvalue weighted by atomic mass is 16.5. The Balaban J connectivity index is 1.21. The number of rotatable bonds is 12. The summed E-state index contributed by atoms with van der Waals surface area (Å²) >= 11 is 0. The molecule has 36 heavy (non-hydrogen) atoms. The summed E-state index contributed by atoms with van der Waals surface area (Å²) < 4.78 is 12.4. The highest BCUT2D eigenvalue weighted by Gasteiger charge is 2.30. The SMILES string of the molecule is Nc1ccc(OCCCOCCCCNc2cccc3nnn(C4CCC(=O)NC4=O)c(=O)c23)cc1. The molecular weight excluding hydrogens is 464 g/mol. The van der Waals surface area contributed by atoms with Gasteiger partial charge in [-0.15, -0.1) is 5.10 Å². The summed E-state index contributed by atoms with van der Waals surface area (Å²) in [4.78, 5) is 36.8. The van der Waals surface area contributed by atoms with Crippen LogP contribution in [-0.2, 0) is 14.3 Å². The standard InChI is InChI=1S/C25H30N6O5/c26-17-7-9-18(10-8-17)36-16-4-15-35-14-2-1-13-27-19-5-3-6-20-23(19)25(34)31(30-29-20)21-11-12-22(32)28-24(21)33/h3,5-10,21,27H,1-2,4,11-16,26H2,(H,28,32,33). The molecule has 1 aliphatic rings. The largest absolute Gasteiger partial charge is 0.494 e. The summed E-state index contributed by atoms with van der Waals surface area (Å²) in [6.07, 6.45) is 2.86. The first kappa shape index (κ1) is 25.1. The van der Waals surface area contributed by atoms with Crippen molar-refractivity contribution >= 4 is 34.1 Å². The molecule has 1 aliphatic heterocycles. The number of unbranched alkanes of at least 4 members (excludes halogenated alkanes) is 1. The van der Waals surface area contributed by atoms with Crippen LogP contribution in [0.5, 0.6) is 5.75 Å². The normalized spacial score (nSPS) is 15.6. The Morgan fingerprint density at radius 1 is 1.03 bits per heavy atom. The Hall–Kier alpha value is -3.99. The summed E-state index contributed by atoms with van der Waals surface area (Å²) in [7, 11) is 0. The number of nitrogen functional groups attached to an aromatic ring is 1. The average molecular weight is 495 g/mol. The first-order valence-electron chi connectivity index (χ1n) is 12.0. The zero-order valence-electron chi connectivity index (χ0n) is 19.9. The molecule has 1 saturated heterocycles. The zero-order chi connectivity index (χ0) is 25.3. The van der Waals surface area contributed by atoms with Gasteiger partial charge in [-0.05, 0) is 55.7 Å². The van der Waals surface area contributed by atoms with E-state index in [1.54, 1.807) is 30.3 Å². The van der Waals surface area contributed by atoms with Crippen LogP contribution < -0.4 is 26.7 Å².